The van der Waals surface area contributed by atoms with Crippen molar-refractivity contribution in [3.05, 3.63) is 70.0 Å². The van der Waals surface area contributed by atoms with E-state index in [1.807, 2.05) is 54.3 Å². The lowest BCUT2D eigenvalue weighted by Gasteiger charge is -2.33. The minimum Gasteiger partial charge on any atom is -0.494 e. The monoisotopic (exact) mass is 511 g/mol. The summed E-state index contributed by atoms with van der Waals surface area (Å²) in [5, 5.41) is 18.0. The third-order valence-electron chi connectivity index (χ3n) is 7.11. The molecule has 9 heteroatoms. The van der Waals surface area contributed by atoms with Gasteiger partial charge in [-0.2, -0.15) is 5.10 Å². The summed E-state index contributed by atoms with van der Waals surface area (Å²) < 4.78 is 7.59. The highest BCUT2D eigenvalue weighted by atomic mass is 35.5. The molecule has 1 fully saturated rings. The number of benzene rings is 2. The van der Waals surface area contributed by atoms with Crippen molar-refractivity contribution in [2.24, 2.45) is 0 Å². The maximum absolute atomic E-state index is 11.9. The van der Waals surface area contributed by atoms with Crippen LogP contribution < -0.4 is 15.8 Å². The molecule has 1 aliphatic rings. The minimum absolute atomic E-state index is 0.0749. The quantitative estimate of drug-likeness (QED) is 0.350. The zero-order valence-corrected chi connectivity index (χ0v) is 21.8. The Labute approximate surface area is 217 Å². The van der Waals surface area contributed by atoms with Gasteiger partial charge >= 0.3 is 5.97 Å². The molecule has 0 bridgehead atoms. The number of carbonyl (C=O) groups is 1. The van der Waals surface area contributed by atoms with Gasteiger partial charge in [0.05, 0.1) is 25.3 Å². The molecule has 192 valence electrons. The predicted molar refractivity (Wildman–Crippen MR) is 143 cm³/mol. The maximum atomic E-state index is 11.9. The number of carboxylic acids is 1. The zero-order valence-electron chi connectivity index (χ0n) is 21.0. The highest BCUT2D eigenvalue weighted by Crippen LogP contribution is 2.42. The molecule has 2 aromatic carbocycles. The van der Waals surface area contributed by atoms with Gasteiger partial charge in [-0.15, -0.1) is 0 Å². The van der Waals surface area contributed by atoms with Crippen LogP contribution in [-0.4, -0.2) is 53.0 Å². The third kappa shape index (κ3) is 5.44. The van der Waals surface area contributed by atoms with Gasteiger partial charge in [0.2, 0.25) is 0 Å². The van der Waals surface area contributed by atoms with Crippen LogP contribution in [0.2, 0.25) is 5.02 Å². The van der Waals surface area contributed by atoms with E-state index in [4.69, 9.17) is 22.1 Å². The van der Waals surface area contributed by atoms with E-state index in [1.165, 1.54) is 0 Å². The summed E-state index contributed by atoms with van der Waals surface area (Å²) in [6.45, 7) is 4.47. The van der Waals surface area contributed by atoms with Crippen molar-refractivity contribution in [2.75, 3.05) is 38.3 Å². The second kappa shape index (κ2) is 11.2. The Kier molecular flexibility index (Phi) is 8.06. The molecule has 1 saturated heterocycles. The van der Waals surface area contributed by atoms with Crippen LogP contribution in [0.4, 0.5) is 11.4 Å². The average Bonchev–Trinajstić information content (AvgIpc) is 3.41. The van der Waals surface area contributed by atoms with Crippen molar-refractivity contribution in [1.29, 1.82) is 0 Å². The van der Waals surface area contributed by atoms with Gasteiger partial charge in [0.15, 0.2) is 0 Å². The Hall–Kier alpha value is -3.23. The molecule has 8 nitrogen and oxygen atoms in total. The topological polar surface area (TPSA) is 106 Å². The van der Waals surface area contributed by atoms with E-state index in [9.17, 15) is 9.90 Å². The van der Waals surface area contributed by atoms with Gasteiger partial charge in [-0.25, -0.2) is 0 Å². The van der Waals surface area contributed by atoms with Crippen LogP contribution in [-0.2, 0) is 11.3 Å². The molecule has 4 rings (SSSR count). The molecule has 3 aromatic rings. The molecule has 1 aliphatic heterocycles. The second-order valence-corrected chi connectivity index (χ2v) is 9.76. The number of aromatic nitrogens is 2. The summed E-state index contributed by atoms with van der Waals surface area (Å²) in [4.78, 5) is 14.3. The molecular weight excluding hydrogens is 478 g/mol. The molecule has 4 N–H and O–H groups in total. The number of methoxy groups -OCH3 is 1. The fourth-order valence-corrected chi connectivity index (χ4v) is 5.40. The van der Waals surface area contributed by atoms with Crippen LogP contribution in [0.1, 0.15) is 53.5 Å². The van der Waals surface area contributed by atoms with Crippen LogP contribution in [0.15, 0.2) is 42.7 Å². The molecule has 2 atom stereocenters. The summed E-state index contributed by atoms with van der Waals surface area (Å²) in [6, 6.07) is 10.00. The minimum atomic E-state index is -0.885. The highest BCUT2D eigenvalue weighted by molar-refractivity contribution is 6.31. The first-order valence-corrected chi connectivity index (χ1v) is 12.6. The number of nitrogens with zero attached hydrogens (tertiary/aromatic N) is 3. The molecule has 1 aromatic heterocycles. The van der Waals surface area contributed by atoms with Crippen molar-refractivity contribution in [3.63, 3.8) is 0 Å². The summed E-state index contributed by atoms with van der Waals surface area (Å²) >= 11 is 6.64. The number of aliphatic carboxylic acids is 1. The fourth-order valence-electron chi connectivity index (χ4n) is 5.22. The Bertz CT molecular complexity index is 1210. The first kappa shape index (κ1) is 25.9. The first-order valence-electron chi connectivity index (χ1n) is 12.2. The highest BCUT2D eigenvalue weighted by Gasteiger charge is 2.26. The predicted octanol–water partition coefficient (Wildman–Crippen LogP) is 4.92. The number of piperidine rings is 1. The van der Waals surface area contributed by atoms with Crippen LogP contribution in [0.5, 0.6) is 5.75 Å². The number of nitrogen functional groups attached to an aromatic ring is 1. The SMILES string of the molecule is CNc1c(OC)cc(C(CC(=O)O)c2ccc(Cl)c(CN3CCCC(n4cccn4)C3)c2)c(C)c1N. The standard InChI is InChI=1S/C27H34ClN5O3/c1-17-21(13-24(36-3)27(30-2)26(17)29)22(14-25(34)35)18-7-8-23(28)19(12-18)15-32-10-4-6-20(16-32)33-11-5-9-31-33/h5,7-9,11-13,20,22,30H,4,6,10,14-16,29H2,1-3H3,(H,34,35). The molecule has 0 aliphatic carbocycles. The largest absolute Gasteiger partial charge is 0.494 e. The summed E-state index contributed by atoms with van der Waals surface area (Å²) in [6.07, 6.45) is 5.93. The van der Waals surface area contributed by atoms with Crippen LogP contribution in [0.3, 0.4) is 0 Å². The van der Waals surface area contributed by atoms with Gasteiger partial charge < -0.3 is 20.9 Å². The summed E-state index contributed by atoms with van der Waals surface area (Å²) in [5.74, 6) is -0.707. The normalized spacial score (nSPS) is 17.1. The number of ether oxygens (including phenoxy) is 1. The van der Waals surface area contributed by atoms with E-state index < -0.39 is 11.9 Å². The first-order chi connectivity index (χ1) is 17.3. The van der Waals surface area contributed by atoms with Gasteiger partial charge in [0.25, 0.3) is 0 Å². The summed E-state index contributed by atoms with van der Waals surface area (Å²) in [5.41, 5.74) is 11.2. The van der Waals surface area contributed by atoms with Gasteiger partial charge in [-0.3, -0.25) is 14.4 Å². The second-order valence-electron chi connectivity index (χ2n) is 9.35. The van der Waals surface area contributed by atoms with Gasteiger partial charge in [0, 0.05) is 43.5 Å². The number of rotatable bonds is 9. The lowest BCUT2D eigenvalue weighted by atomic mass is 9.84. The Balaban J connectivity index is 1.67. The lowest BCUT2D eigenvalue weighted by Crippen LogP contribution is -2.36. The average molecular weight is 512 g/mol. The number of likely N-dealkylation sites (tertiary alicyclic amines) is 1. The van der Waals surface area contributed by atoms with E-state index in [-0.39, 0.29) is 6.42 Å². The molecule has 0 spiro atoms. The number of anilines is 2. The van der Waals surface area contributed by atoms with E-state index in [0.29, 0.717) is 34.7 Å². The van der Waals surface area contributed by atoms with E-state index in [0.717, 1.165) is 48.2 Å². The number of nitrogens with one attached hydrogen (secondary N) is 1. The smallest absolute Gasteiger partial charge is 0.304 e. The Morgan fingerprint density at radius 1 is 1.39 bits per heavy atom. The van der Waals surface area contributed by atoms with Gasteiger partial charge in [0.1, 0.15) is 11.4 Å². The number of hydrogen-bond donors (Lipinski definition) is 3. The van der Waals surface area contributed by atoms with Gasteiger partial charge in [-0.05, 0) is 66.8 Å². The number of carboxylic acid groups (broad SMARTS) is 1. The van der Waals surface area contributed by atoms with Gasteiger partial charge in [-0.1, -0.05) is 23.7 Å². The summed E-state index contributed by atoms with van der Waals surface area (Å²) in [7, 11) is 3.36. The molecule has 2 unspecified atom stereocenters. The lowest BCUT2D eigenvalue weighted by molar-refractivity contribution is -0.137. The van der Waals surface area contributed by atoms with Crippen molar-refractivity contribution in [3.8, 4) is 5.75 Å². The van der Waals surface area contributed by atoms with Crippen LogP contribution in [0, 0.1) is 6.92 Å². The molecule has 0 radical (unpaired) electrons. The molecular formula is C27H34ClN5O3. The molecule has 0 amide bonds. The fraction of sp³-hybridized carbons (Fsp3) is 0.407. The van der Waals surface area contributed by atoms with Crippen molar-refractivity contribution < 1.29 is 14.6 Å². The van der Waals surface area contributed by atoms with Crippen LogP contribution >= 0.6 is 11.6 Å². The van der Waals surface area contributed by atoms with Crippen LogP contribution in [0.25, 0.3) is 0 Å². The van der Waals surface area contributed by atoms with Crippen molar-refractivity contribution in [2.45, 2.75) is 44.7 Å². The van der Waals surface area contributed by atoms with Crippen molar-refractivity contribution >= 4 is 28.9 Å². The molecule has 2 heterocycles. The maximum Gasteiger partial charge on any atom is 0.304 e. The number of halogens is 1. The Morgan fingerprint density at radius 2 is 2.19 bits per heavy atom. The zero-order chi connectivity index (χ0) is 25.8. The van der Waals surface area contributed by atoms with E-state index in [2.05, 4.69) is 15.3 Å². The van der Waals surface area contributed by atoms with E-state index in [1.54, 1.807) is 14.2 Å². The van der Waals surface area contributed by atoms with E-state index >= 15 is 0 Å². The number of nitrogens with two attached hydrogens (primary N) is 1. The third-order valence-corrected chi connectivity index (χ3v) is 7.48. The Morgan fingerprint density at radius 3 is 2.86 bits per heavy atom. The molecule has 0 saturated carbocycles. The molecule has 36 heavy (non-hydrogen) atoms. The van der Waals surface area contributed by atoms with Crippen molar-refractivity contribution in [1.82, 2.24) is 14.7 Å². The number of hydrogen-bond acceptors (Lipinski definition) is 6.